The molecule has 1 heterocycles. The van der Waals surface area contributed by atoms with E-state index < -0.39 is 11.8 Å². The fourth-order valence-electron chi connectivity index (χ4n) is 2.89. The van der Waals surface area contributed by atoms with E-state index in [1.165, 1.54) is 0 Å². The molecule has 0 aromatic rings. The van der Waals surface area contributed by atoms with Crippen molar-refractivity contribution >= 4 is 11.9 Å². The molecular formula is C16H26O5. The lowest BCUT2D eigenvalue weighted by molar-refractivity contribution is -0.162. The van der Waals surface area contributed by atoms with Gasteiger partial charge >= 0.3 is 11.9 Å². The van der Waals surface area contributed by atoms with Gasteiger partial charge in [-0.05, 0) is 25.7 Å². The number of hydrogen-bond donors (Lipinski definition) is 0. The molecule has 2 rings (SSSR count). The van der Waals surface area contributed by atoms with Crippen molar-refractivity contribution < 1.29 is 23.8 Å². The zero-order valence-electron chi connectivity index (χ0n) is 13.0. The van der Waals surface area contributed by atoms with Gasteiger partial charge in [-0.1, -0.05) is 26.7 Å². The molecule has 0 spiro atoms. The van der Waals surface area contributed by atoms with Gasteiger partial charge in [0.05, 0.1) is 37.3 Å². The third kappa shape index (κ3) is 4.43. The van der Waals surface area contributed by atoms with E-state index in [-0.39, 0.29) is 24.1 Å². The van der Waals surface area contributed by atoms with E-state index in [0.717, 1.165) is 25.7 Å². The van der Waals surface area contributed by atoms with Crippen LogP contribution < -0.4 is 0 Å². The van der Waals surface area contributed by atoms with Gasteiger partial charge in [-0.25, -0.2) is 0 Å². The number of carbonyl (C=O) groups excluding carboxylic acids is 2. The number of epoxide rings is 1. The monoisotopic (exact) mass is 298 g/mol. The Morgan fingerprint density at radius 2 is 1.48 bits per heavy atom. The molecule has 120 valence electrons. The van der Waals surface area contributed by atoms with Crippen LogP contribution in [0.3, 0.4) is 0 Å². The van der Waals surface area contributed by atoms with Gasteiger partial charge in [0, 0.05) is 0 Å². The van der Waals surface area contributed by atoms with Crippen molar-refractivity contribution in [2.75, 3.05) is 13.2 Å². The first kappa shape index (κ1) is 16.3. The SMILES string of the molecule is CCCCCOC(=O)C1CC2OC2CC1C(=O)OCCC. The highest BCUT2D eigenvalue weighted by Gasteiger charge is 2.53. The highest BCUT2D eigenvalue weighted by Crippen LogP contribution is 2.43. The van der Waals surface area contributed by atoms with Crippen LogP contribution >= 0.6 is 0 Å². The smallest absolute Gasteiger partial charge is 0.309 e. The third-order valence-electron chi connectivity index (χ3n) is 4.19. The Kier molecular flexibility index (Phi) is 6.03. The van der Waals surface area contributed by atoms with Crippen LogP contribution in [0.5, 0.6) is 0 Å². The van der Waals surface area contributed by atoms with Crippen LogP contribution in [0.1, 0.15) is 52.4 Å². The Bertz CT molecular complexity index is 368. The van der Waals surface area contributed by atoms with Crippen LogP contribution in [-0.2, 0) is 23.8 Å². The summed E-state index contributed by atoms with van der Waals surface area (Å²) in [6, 6.07) is 0. The predicted octanol–water partition coefficient (Wildman–Crippen LogP) is 2.47. The molecule has 4 unspecified atom stereocenters. The van der Waals surface area contributed by atoms with Crippen LogP contribution in [0, 0.1) is 11.8 Å². The predicted molar refractivity (Wildman–Crippen MR) is 76.6 cm³/mol. The molecule has 0 N–H and O–H groups in total. The van der Waals surface area contributed by atoms with Crippen molar-refractivity contribution in [3.05, 3.63) is 0 Å². The number of carbonyl (C=O) groups is 2. The summed E-state index contributed by atoms with van der Waals surface area (Å²) in [4.78, 5) is 24.4. The molecule has 21 heavy (non-hydrogen) atoms. The minimum absolute atomic E-state index is 0.133. The number of esters is 2. The maximum Gasteiger partial charge on any atom is 0.309 e. The van der Waals surface area contributed by atoms with Crippen LogP contribution in [0.25, 0.3) is 0 Å². The van der Waals surface area contributed by atoms with E-state index in [1.807, 2.05) is 6.92 Å². The number of ether oxygens (including phenoxy) is 3. The van der Waals surface area contributed by atoms with Gasteiger partial charge in [-0.15, -0.1) is 0 Å². The summed E-state index contributed by atoms with van der Waals surface area (Å²) in [5.41, 5.74) is 0. The Morgan fingerprint density at radius 1 is 0.905 bits per heavy atom. The Hall–Kier alpha value is -1.10. The topological polar surface area (TPSA) is 65.1 Å². The Balaban J connectivity index is 1.87. The van der Waals surface area contributed by atoms with Crippen LogP contribution in [0.4, 0.5) is 0 Å². The maximum atomic E-state index is 12.2. The lowest BCUT2D eigenvalue weighted by Crippen LogP contribution is -2.37. The lowest BCUT2D eigenvalue weighted by atomic mass is 9.79. The molecule has 0 aromatic carbocycles. The molecule has 0 radical (unpaired) electrons. The quantitative estimate of drug-likeness (QED) is 0.391. The summed E-state index contributed by atoms with van der Waals surface area (Å²) >= 11 is 0. The summed E-state index contributed by atoms with van der Waals surface area (Å²) < 4.78 is 16.0. The van der Waals surface area contributed by atoms with Crippen LogP contribution in [0.2, 0.25) is 0 Å². The van der Waals surface area contributed by atoms with E-state index in [4.69, 9.17) is 14.2 Å². The minimum atomic E-state index is -0.404. The van der Waals surface area contributed by atoms with Gasteiger partial charge < -0.3 is 14.2 Å². The average molecular weight is 298 g/mol. The first-order valence-corrected chi connectivity index (χ1v) is 8.16. The number of hydrogen-bond acceptors (Lipinski definition) is 5. The summed E-state index contributed by atoms with van der Waals surface area (Å²) in [6.45, 7) is 4.90. The van der Waals surface area contributed by atoms with Gasteiger partial charge in [-0.3, -0.25) is 9.59 Å². The summed E-state index contributed by atoms with van der Waals surface area (Å²) in [7, 11) is 0. The van der Waals surface area contributed by atoms with E-state index in [0.29, 0.717) is 26.1 Å². The van der Waals surface area contributed by atoms with Crippen LogP contribution in [-0.4, -0.2) is 37.4 Å². The van der Waals surface area contributed by atoms with Gasteiger partial charge in [0.15, 0.2) is 0 Å². The molecule has 2 aliphatic rings. The maximum absolute atomic E-state index is 12.2. The minimum Gasteiger partial charge on any atom is -0.465 e. The number of rotatable bonds is 8. The van der Waals surface area contributed by atoms with Crippen LogP contribution in [0.15, 0.2) is 0 Å². The second-order valence-electron chi connectivity index (χ2n) is 5.94. The molecule has 5 nitrogen and oxygen atoms in total. The van der Waals surface area contributed by atoms with Crippen molar-refractivity contribution in [1.82, 2.24) is 0 Å². The second-order valence-corrected chi connectivity index (χ2v) is 5.94. The van der Waals surface area contributed by atoms with Crippen molar-refractivity contribution in [1.29, 1.82) is 0 Å². The first-order chi connectivity index (χ1) is 10.2. The lowest BCUT2D eigenvalue weighted by Gasteiger charge is -2.26. The van der Waals surface area contributed by atoms with Crippen molar-refractivity contribution in [2.45, 2.75) is 64.6 Å². The van der Waals surface area contributed by atoms with Gasteiger partial charge in [0.2, 0.25) is 0 Å². The summed E-state index contributed by atoms with van der Waals surface area (Å²) in [5, 5.41) is 0. The molecule has 1 aliphatic carbocycles. The van der Waals surface area contributed by atoms with Crippen molar-refractivity contribution in [3.63, 3.8) is 0 Å². The molecule has 1 saturated heterocycles. The van der Waals surface area contributed by atoms with E-state index in [1.54, 1.807) is 0 Å². The van der Waals surface area contributed by atoms with Gasteiger partial charge in [0.1, 0.15) is 0 Å². The number of unbranched alkanes of at least 4 members (excludes halogenated alkanes) is 2. The molecular weight excluding hydrogens is 272 g/mol. The molecule has 2 fully saturated rings. The van der Waals surface area contributed by atoms with E-state index in [2.05, 4.69) is 6.92 Å². The summed E-state index contributed by atoms with van der Waals surface area (Å²) in [5.74, 6) is -1.35. The molecule has 0 bridgehead atoms. The zero-order chi connectivity index (χ0) is 15.2. The fourth-order valence-corrected chi connectivity index (χ4v) is 2.89. The molecule has 4 atom stereocenters. The number of fused-ring (bicyclic) bond motifs is 1. The largest absolute Gasteiger partial charge is 0.465 e. The third-order valence-corrected chi connectivity index (χ3v) is 4.19. The molecule has 1 saturated carbocycles. The van der Waals surface area contributed by atoms with Crippen molar-refractivity contribution in [2.24, 2.45) is 11.8 Å². The Morgan fingerprint density at radius 3 is 2.00 bits per heavy atom. The van der Waals surface area contributed by atoms with Gasteiger partial charge in [-0.2, -0.15) is 0 Å². The van der Waals surface area contributed by atoms with Crippen molar-refractivity contribution in [3.8, 4) is 0 Å². The normalized spacial score (nSPS) is 30.4. The Labute approximate surface area is 126 Å². The second kappa shape index (κ2) is 7.78. The van der Waals surface area contributed by atoms with E-state index in [9.17, 15) is 9.59 Å². The summed E-state index contributed by atoms with van der Waals surface area (Å²) in [6.07, 6.45) is 5.24. The molecule has 1 aliphatic heterocycles. The fraction of sp³-hybridized carbons (Fsp3) is 0.875. The molecule has 0 amide bonds. The molecule has 0 aromatic heterocycles. The standard InChI is InChI=1S/C16H26O5/c1-3-5-6-8-20-16(18)12-10-14-13(21-14)9-11(12)15(17)19-7-4-2/h11-14H,3-10H2,1-2H3. The zero-order valence-corrected chi connectivity index (χ0v) is 13.0. The first-order valence-electron chi connectivity index (χ1n) is 8.16. The average Bonchev–Trinajstić information content (AvgIpc) is 3.26. The van der Waals surface area contributed by atoms with Gasteiger partial charge in [0.25, 0.3) is 0 Å². The molecule has 5 heteroatoms. The highest BCUT2D eigenvalue weighted by molar-refractivity contribution is 5.82. The van der Waals surface area contributed by atoms with E-state index >= 15 is 0 Å². The highest BCUT2D eigenvalue weighted by atomic mass is 16.6.